The Hall–Kier alpha value is -0.780. The molecule has 0 fully saturated rings. The van der Waals surface area contributed by atoms with Crippen molar-refractivity contribution in [2.24, 2.45) is 0 Å². The number of amides is 1. The number of halogens is 3. The van der Waals surface area contributed by atoms with Gasteiger partial charge in [-0.25, -0.2) is 0 Å². The number of carbonyl (C=O) groups is 1. The summed E-state index contributed by atoms with van der Waals surface area (Å²) in [4.78, 5) is 10.3. The van der Waals surface area contributed by atoms with Gasteiger partial charge in [-0.2, -0.15) is 13.9 Å². The average Bonchev–Trinajstić information content (AvgIpc) is 2.16. The minimum absolute atomic E-state index is 0.0648. The minimum Gasteiger partial charge on any atom is -0.396 e. The highest BCUT2D eigenvalue weighted by Gasteiger charge is 2.22. The second kappa shape index (κ2) is 7.61. The van der Waals surface area contributed by atoms with E-state index >= 15 is 0 Å². The van der Waals surface area contributed by atoms with E-state index in [0.717, 1.165) is 0 Å². The summed E-state index contributed by atoms with van der Waals surface area (Å²) in [7, 11) is 0. The standard InChI is InChI=1S/C8H14F3NO2/c9-7(10)8(14)12(11)5-3-1-2-4-6-13/h7,13H,1-6H2. The fourth-order valence-corrected chi connectivity index (χ4v) is 0.932. The highest BCUT2D eigenvalue weighted by molar-refractivity contribution is 5.78. The number of rotatable bonds is 7. The zero-order chi connectivity index (χ0) is 11.0. The summed E-state index contributed by atoms with van der Waals surface area (Å²) in [5.74, 6) is -1.79. The summed E-state index contributed by atoms with van der Waals surface area (Å²) in [6.07, 6.45) is -1.04. The molecule has 0 aromatic heterocycles. The topological polar surface area (TPSA) is 40.5 Å². The van der Waals surface area contributed by atoms with Gasteiger partial charge < -0.3 is 5.11 Å². The van der Waals surface area contributed by atoms with Crippen LogP contribution in [0.1, 0.15) is 25.7 Å². The SMILES string of the molecule is O=C(C(F)F)N(F)CCCCCCO. The van der Waals surface area contributed by atoms with Crippen LogP contribution in [0.5, 0.6) is 0 Å². The Balaban J connectivity index is 3.44. The summed E-state index contributed by atoms with van der Waals surface area (Å²) < 4.78 is 35.8. The lowest BCUT2D eigenvalue weighted by atomic mass is 10.2. The molecule has 0 radical (unpaired) electrons. The Labute approximate surface area is 80.4 Å². The van der Waals surface area contributed by atoms with E-state index in [1.807, 2.05) is 0 Å². The molecule has 0 bridgehead atoms. The summed E-state index contributed by atoms with van der Waals surface area (Å²) in [5, 5.41) is 7.94. The van der Waals surface area contributed by atoms with E-state index in [4.69, 9.17) is 5.11 Å². The number of aliphatic hydroxyl groups is 1. The van der Waals surface area contributed by atoms with Crippen molar-refractivity contribution in [3.63, 3.8) is 0 Å². The van der Waals surface area contributed by atoms with Gasteiger partial charge in [0.1, 0.15) is 0 Å². The number of alkyl halides is 2. The van der Waals surface area contributed by atoms with Gasteiger partial charge in [0.15, 0.2) is 0 Å². The van der Waals surface area contributed by atoms with Crippen LogP contribution < -0.4 is 0 Å². The molecule has 0 aliphatic carbocycles. The molecule has 0 aromatic rings. The van der Waals surface area contributed by atoms with E-state index in [1.165, 1.54) is 0 Å². The van der Waals surface area contributed by atoms with Gasteiger partial charge in [0.05, 0.1) is 6.54 Å². The van der Waals surface area contributed by atoms with Gasteiger partial charge in [-0.1, -0.05) is 17.3 Å². The van der Waals surface area contributed by atoms with Crippen molar-refractivity contribution >= 4 is 5.91 Å². The maximum Gasteiger partial charge on any atom is 0.318 e. The number of unbranched alkanes of at least 4 members (excludes halogenated alkanes) is 3. The van der Waals surface area contributed by atoms with Crippen LogP contribution in [0.25, 0.3) is 0 Å². The smallest absolute Gasteiger partial charge is 0.318 e. The number of aliphatic hydroxyl groups excluding tert-OH is 1. The lowest BCUT2D eigenvalue weighted by Gasteiger charge is -2.10. The molecular weight excluding hydrogens is 199 g/mol. The molecule has 14 heavy (non-hydrogen) atoms. The first kappa shape index (κ1) is 13.2. The molecule has 0 saturated carbocycles. The van der Waals surface area contributed by atoms with E-state index < -0.39 is 17.5 Å². The number of hydrogen-bond donors (Lipinski definition) is 1. The molecule has 0 saturated heterocycles. The predicted molar refractivity (Wildman–Crippen MR) is 44.4 cm³/mol. The van der Waals surface area contributed by atoms with Gasteiger partial charge in [0.2, 0.25) is 0 Å². The Morgan fingerprint density at radius 3 is 2.29 bits per heavy atom. The normalized spacial score (nSPS) is 10.6. The minimum atomic E-state index is -3.28. The quantitative estimate of drug-likeness (QED) is 0.514. The molecule has 1 amide bonds. The van der Waals surface area contributed by atoms with Crippen molar-refractivity contribution in [3.05, 3.63) is 0 Å². The van der Waals surface area contributed by atoms with E-state index in [2.05, 4.69) is 0 Å². The lowest BCUT2D eigenvalue weighted by Crippen LogP contribution is -2.29. The molecule has 6 heteroatoms. The number of carbonyl (C=O) groups excluding carboxylic acids is 1. The summed E-state index contributed by atoms with van der Waals surface area (Å²) >= 11 is 0. The molecule has 84 valence electrons. The van der Waals surface area contributed by atoms with Gasteiger partial charge in [0, 0.05) is 6.61 Å². The van der Waals surface area contributed by atoms with Crippen molar-refractivity contribution in [1.82, 2.24) is 5.12 Å². The molecule has 0 spiro atoms. The third-order valence-electron chi connectivity index (χ3n) is 1.69. The van der Waals surface area contributed by atoms with Crippen LogP contribution in [-0.2, 0) is 4.79 Å². The highest BCUT2D eigenvalue weighted by Crippen LogP contribution is 2.05. The second-order valence-corrected chi connectivity index (χ2v) is 2.86. The first-order chi connectivity index (χ1) is 6.59. The molecule has 0 aliphatic heterocycles. The Kier molecular flexibility index (Phi) is 7.18. The fraction of sp³-hybridized carbons (Fsp3) is 0.875. The summed E-state index contributed by atoms with van der Waals surface area (Å²) in [6.45, 7) is -0.246. The first-order valence-electron chi connectivity index (χ1n) is 4.45. The zero-order valence-electron chi connectivity index (χ0n) is 7.76. The van der Waals surface area contributed by atoms with Crippen molar-refractivity contribution in [2.75, 3.05) is 13.2 Å². The van der Waals surface area contributed by atoms with Crippen molar-refractivity contribution < 1.29 is 23.2 Å². The Bertz CT molecular complexity index is 167. The Morgan fingerprint density at radius 2 is 1.79 bits per heavy atom. The molecule has 0 heterocycles. The van der Waals surface area contributed by atoms with Gasteiger partial charge in [-0.15, -0.1) is 0 Å². The molecule has 0 rings (SSSR count). The second-order valence-electron chi connectivity index (χ2n) is 2.86. The van der Waals surface area contributed by atoms with Gasteiger partial charge in [-0.05, 0) is 12.8 Å². The molecule has 0 aliphatic rings. The van der Waals surface area contributed by atoms with Gasteiger partial charge in [-0.3, -0.25) is 4.79 Å². The number of hydrogen-bond acceptors (Lipinski definition) is 2. The van der Waals surface area contributed by atoms with E-state index in [9.17, 15) is 18.1 Å². The third kappa shape index (κ3) is 5.80. The zero-order valence-corrected chi connectivity index (χ0v) is 7.76. The van der Waals surface area contributed by atoms with Crippen molar-refractivity contribution in [2.45, 2.75) is 32.1 Å². The fourth-order valence-electron chi connectivity index (χ4n) is 0.932. The maximum absolute atomic E-state index is 12.5. The van der Waals surface area contributed by atoms with Crippen LogP contribution in [0.3, 0.4) is 0 Å². The number of nitrogens with zero attached hydrogens (tertiary/aromatic N) is 1. The van der Waals surface area contributed by atoms with E-state index in [-0.39, 0.29) is 13.2 Å². The summed E-state index contributed by atoms with van der Waals surface area (Å²) in [5.41, 5.74) is 0. The molecule has 3 nitrogen and oxygen atoms in total. The van der Waals surface area contributed by atoms with Crippen molar-refractivity contribution in [3.8, 4) is 0 Å². The van der Waals surface area contributed by atoms with Gasteiger partial charge >= 0.3 is 12.3 Å². The van der Waals surface area contributed by atoms with E-state index in [1.54, 1.807) is 0 Å². The van der Waals surface area contributed by atoms with Crippen LogP contribution in [0.2, 0.25) is 0 Å². The largest absolute Gasteiger partial charge is 0.396 e. The van der Waals surface area contributed by atoms with Crippen LogP contribution in [-0.4, -0.2) is 35.7 Å². The van der Waals surface area contributed by atoms with Gasteiger partial charge in [0.25, 0.3) is 0 Å². The van der Waals surface area contributed by atoms with Crippen LogP contribution >= 0.6 is 0 Å². The molecule has 1 N–H and O–H groups in total. The first-order valence-corrected chi connectivity index (χ1v) is 4.45. The van der Waals surface area contributed by atoms with Crippen molar-refractivity contribution in [1.29, 1.82) is 0 Å². The lowest BCUT2D eigenvalue weighted by molar-refractivity contribution is -0.158. The average molecular weight is 213 g/mol. The molecule has 0 unspecified atom stereocenters. The van der Waals surface area contributed by atoms with Crippen LogP contribution in [0.15, 0.2) is 0 Å². The van der Waals surface area contributed by atoms with Crippen LogP contribution in [0.4, 0.5) is 13.3 Å². The summed E-state index contributed by atoms with van der Waals surface area (Å²) in [6, 6.07) is 0. The Morgan fingerprint density at radius 1 is 1.21 bits per heavy atom. The molecule has 0 aromatic carbocycles. The monoisotopic (exact) mass is 213 g/mol. The highest BCUT2D eigenvalue weighted by atomic mass is 19.3. The van der Waals surface area contributed by atoms with E-state index in [0.29, 0.717) is 25.7 Å². The third-order valence-corrected chi connectivity index (χ3v) is 1.69. The molecular formula is C8H14F3NO2. The maximum atomic E-state index is 12.5. The van der Waals surface area contributed by atoms with Crippen LogP contribution in [0, 0.1) is 0 Å². The molecule has 0 atom stereocenters. The predicted octanol–water partition coefficient (Wildman–Crippen LogP) is 1.52.